The minimum absolute atomic E-state index is 0.110. The highest BCUT2D eigenvalue weighted by atomic mass is 32.2. The third-order valence-electron chi connectivity index (χ3n) is 4.86. The third kappa shape index (κ3) is 5.14. The van der Waals surface area contributed by atoms with Crippen LogP contribution in [-0.2, 0) is 14.8 Å². The van der Waals surface area contributed by atoms with Gasteiger partial charge in [0, 0.05) is 5.69 Å². The van der Waals surface area contributed by atoms with E-state index in [1.807, 2.05) is 54.6 Å². The van der Waals surface area contributed by atoms with Gasteiger partial charge in [-0.1, -0.05) is 48.5 Å². The molecule has 1 amide bonds. The fourth-order valence-corrected chi connectivity index (χ4v) is 4.41. The van der Waals surface area contributed by atoms with Gasteiger partial charge in [-0.2, -0.15) is 4.72 Å². The Kier molecular flexibility index (Phi) is 6.20. The lowest BCUT2D eigenvalue weighted by Crippen LogP contribution is -2.41. The minimum atomic E-state index is -3.86. The van der Waals surface area contributed by atoms with Crippen LogP contribution in [0.4, 0.5) is 5.69 Å². The van der Waals surface area contributed by atoms with Crippen molar-refractivity contribution in [2.75, 3.05) is 5.32 Å². The molecule has 0 saturated carbocycles. The maximum absolute atomic E-state index is 12.8. The fourth-order valence-electron chi connectivity index (χ4n) is 3.17. The highest BCUT2D eigenvalue weighted by Crippen LogP contribution is 2.23. The first-order valence-corrected chi connectivity index (χ1v) is 11.5. The Morgan fingerprint density at radius 1 is 0.781 bits per heavy atom. The molecule has 162 valence electrons. The Hall–Kier alpha value is -3.68. The molecule has 2 N–H and O–H groups in total. The molecule has 0 aromatic heterocycles. The summed E-state index contributed by atoms with van der Waals surface area (Å²) in [6.45, 7) is 1.50. The number of anilines is 1. The number of nitrogens with one attached hydrogen (secondary N) is 2. The van der Waals surface area contributed by atoms with Gasteiger partial charge in [0.25, 0.3) is 0 Å². The van der Waals surface area contributed by atoms with Crippen molar-refractivity contribution in [2.24, 2.45) is 0 Å². The number of carbonyl (C=O) groups is 1. The zero-order chi connectivity index (χ0) is 22.6. The van der Waals surface area contributed by atoms with Gasteiger partial charge < -0.3 is 10.1 Å². The average molecular weight is 447 g/mol. The second kappa shape index (κ2) is 9.21. The van der Waals surface area contributed by atoms with Crippen molar-refractivity contribution < 1.29 is 17.9 Å². The number of carbonyl (C=O) groups excluding carboxylic acids is 1. The summed E-state index contributed by atoms with van der Waals surface area (Å²) in [4.78, 5) is 12.6. The van der Waals surface area contributed by atoms with Crippen molar-refractivity contribution in [1.82, 2.24) is 4.72 Å². The van der Waals surface area contributed by atoms with Gasteiger partial charge in [0.15, 0.2) is 0 Å². The number of ether oxygens (including phenoxy) is 1. The topological polar surface area (TPSA) is 84.5 Å². The van der Waals surface area contributed by atoms with E-state index < -0.39 is 22.0 Å². The minimum Gasteiger partial charge on any atom is -0.457 e. The Morgan fingerprint density at radius 3 is 2.12 bits per heavy atom. The molecule has 0 fully saturated rings. The molecule has 4 aromatic rings. The molecule has 0 aliphatic carbocycles. The molecular formula is C25H22N2O4S. The first-order chi connectivity index (χ1) is 15.4. The van der Waals surface area contributed by atoms with Crippen molar-refractivity contribution >= 4 is 32.4 Å². The van der Waals surface area contributed by atoms with Crippen LogP contribution in [0.5, 0.6) is 11.5 Å². The van der Waals surface area contributed by atoms with E-state index in [4.69, 9.17) is 4.74 Å². The molecule has 7 heteroatoms. The van der Waals surface area contributed by atoms with Crippen LogP contribution >= 0.6 is 0 Å². The predicted octanol–water partition coefficient (Wildman–Crippen LogP) is 4.94. The summed E-state index contributed by atoms with van der Waals surface area (Å²) in [5, 5.41) is 4.47. The van der Waals surface area contributed by atoms with E-state index in [-0.39, 0.29) is 4.90 Å². The van der Waals surface area contributed by atoms with Crippen molar-refractivity contribution in [3.63, 3.8) is 0 Å². The summed E-state index contributed by atoms with van der Waals surface area (Å²) < 4.78 is 33.7. The smallest absolute Gasteiger partial charge is 0.242 e. The molecule has 1 atom stereocenters. The standard InChI is InChI=1S/C25H22N2O4S/c1-18(27-32(29,30)24-16-11-19-7-5-6-8-20(19)17-24)25(28)26-21-12-14-23(15-13-21)31-22-9-3-2-4-10-22/h2-18,27H,1H3,(H,26,28)/t18-/m0/s1. The van der Waals surface area contributed by atoms with Crippen LogP contribution in [0.1, 0.15) is 6.92 Å². The number of hydrogen-bond donors (Lipinski definition) is 2. The largest absolute Gasteiger partial charge is 0.457 e. The van der Waals surface area contributed by atoms with E-state index in [0.29, 0.717) is 17.2 Å². The Balaban J connectivity index is 1.39. The van der Waals surface area contributed by atoms with Crippen LogP contribution in [0.15, 0.2) is 102 Å². The van der Waals surface area contributed by atoms with Crippen LogP contribution in [0.3, 0.4) is 0 Å². The first kappa shape index (κ1) is 21.5. The van der Waals surface area contributed by atoms with Crippen molar-refractivity contribution in [3.8, 4) is 11.5 Å². The Morgan fingerprint density at radius 2 is 1.41 bits per heavy atom. The molecule has 0 aliphatic heterocycles. The van der Waals surface area contributed by atoms with E-state index >= 15 is 0 Å². The maximum Gasteiger partial charge on any atom is 0.242 e. The van der Waals surface area contributed by atoms with E-state index in [0.717, 1.165) is 10.8 Å². The molecular weight excluding hydrogens is 424 g/mol. The molecule has 4 rings (SSSR count). The van der Waals surface area contributed by atoms with Gasteiger partial charge in [-0.05, 0) is 66.2 Å². The summed E-state index contributed by atoms with van der Waals surface area (Å²) in [6.07, 6.45) is 0. The van der Waals surface area contributed by atoms with Gasteiger partial charge in [-0.15, -0.1) is 0 Å². The number of amides is 1. The van der Waals surface area contributed by atoms with Crippen LogP contribution in [0.2, 0.25) is 0 Å². The van der Waals surface area contributed by atoms with Crippen LogP contribution < -0.4 is 14.8 Å². The molecule has 0 unspecified atom stereocenters. The van der Waals surface area contributed by atoms with E-state index in [1.165, 1.54) is 13.0 Å². The highest BCUT2D eigenvalue weighted by Gasteiger charge is 2.22. The lowest BCUT2D eigenvalue weighted by molar-refractivity contribution is -0.117. The number of fused-ring (bicyclic) bond motifs is 1. The van der Waals surface area contributed by atoms with E-state index in [2.05, 4.69) is 10.0 Å². The molecule has 0 radical (unpaired) electrons. The van der Waals surface area contributed by atoms with Gasteiger partial charge >= 0.3 is 0 Å². The van der Waals surface area contributed by atoms with Gasteiger partial charge in [-0.25, -0.2) is 8.42 Å². The van der Waals surface area contributed by atoms with Crippen LogP contribution in [0, 0.1) is 0 Å². The number of benzene rings is 4. The fraction of sp³-hybridized carbons (Fsp3) is 0.0800. The summed E-state index contributed by atoms with van der Waals surface area (Å²) in [5.74, 6) is 0.867. The number of para-hydroxylation sites is 1. The normalized spacial score (nSPS) is 12.3. The van der Waals surface area contributed by atoms with Gasteiger partial charge in [0.2, 0.25) is 15.9 Å². The van der Waals surface area contributed by atoms with Gasteiger partial charge in [0.1, 0.15) is 11.5 Å². The van der Waals surface area contributed by atoms with E-state index in [9.17, 15) is 13.2 Å². The van der Waals surface area contributed by atoms with Crippen molar-refractivity contribution in [1.29, 1.82) is 0 Å². The highest BCUT2D eigenvalue weighted by molar-refractivity contribution is 7.89. The lowest BCUT2D eigenvalue weighted by atomic mass is 10.1. The predicted molar refractivity (Wildman–Crippen MR) is 125 cm³/mol. The zero-order valence-electron chi connectivity index (χ0n) is 17.4. The molecule has 0 saturated heterocycles. The van der Waals surface area contributed by atoms with E-state index in [1.54, 1.807) is 36.4 Å². The molecule has 32 heavy (non-hydrogen) atoms. The number of hydrogen-bond acceptors (Lipinski definition) is 4. The quantitative estimate of drug-likeness (QED) is 0.421. The monoisotopic (exact) mass is 446 g/mol. The second-order valence-corrected chi connectivity index (χ2v) is 8.99. The average Bonchev–Trinajstić information content (AvgIpc) is 2.80. The van der Waals surface area contributed by atoms with Crippen LogP contribution in [0.25, 0.3) is 10.8 Å². The molecule has 0 spiro atoms. The molecule has 0 heterocycles. The maximum atomic E-state index is 12.8. The Labute approximate surface area is 186 Å². The summed E-state index contributed by atoms with van der Waals surface area (Å²) in [6, 6.07) is 27.6. The summed E-state index contributed by atoms with van der Waals surface area (Å²) in [5.41, 5.74) is 0.534. The number of sulfonamides is 1. The summed E-state index contributed by atoms with van der Waals surface area (Å²) >= 11 is 0. The molecule has 0 aliphatic rings. The number of rotatable bonds is 7. The third-order valence-corrected chi connectivity index (χ3v) is 6.40. The SMILES string of the molecule is C[C@H](NS(=O)(=O)c1ccc2ccccc2c1)C(=O)Nc1ccc(Oc2ccccc2)cc1. The van der Waals surface area contributed by atoms with Crippen LogP contribution in [-0.4, -0.2) is 20.4 Å². The molecule has 6 nitrogen and oxygen atoms in total. The van der Waals surface area contributed by atoms with Gasteiger partial charge in [0.05, 0.1) is 10.9 Å². The molecule has 0 bridgehead atoms. The first-order valence-electron chi connectivity index (χ1n) is 10.1. The lowest BCUT2D eigenvalue weighted by Gasteiger charge is -2.15. The van der Waals surface area contributed by atoms with Crippen molar-refractivity contribution in [3.05, 3.63) is 97.1 Å². The zero-order valence-corrected chi connectivity index (χ0v) is 18.2. The van der Waals surface area contributed by atoms with Crippen molar-refractivity contribution in [2.45, 2.75) is 17.9 Å². The second-order valence-electron chi connectivity index (χ2n) is 7.28. The molecule has 4 aromatic carbocycles. The Bertz CT molecular complexity index is 1340. The summed E-state index contributed by atoms with van der Waals surface area (Å²) in [7, 11) is -3.86. The van der Waals surface area contributed by atoms with Gasteiger partial charge in [-0.3, -0.25) is 4.79 Å².